The minimum atomic E-state index is -0.940. The van der Waals surface area contributed by atoms with Crippen molar-refractivity contribution in [2.24, 2.45) is 0 Å². The number of anilines is 1. The van der Waals surface area contributed by atoms with Gasteiger partial charge in [0.2, 0.25) is 0 Å². The molecule has 0 saturated heterocycles. The van der Waals surface area contributed by atoms with E-state index in [0.717, 1.165) is 11.7 Å². The van der Waals surface area contributed by atoms with Crippen LogP contribution in [-0.4, -0.2) is 28.6 Å². The molecule has 1 fully saturated rings. The molecule has 0 radical (unpaired) electrons. The second kappa shape index (κ2) is 4.82. The summed E-state index contributed by atoms with van der Waals surface area (Å²) in [6, 6.07) is 0.554. The van der Waals surface area contributed by atoms with Gasteiger partial charge in [-0.15, -0.1) is 11.3 Å². The molecule has 1 aromatic rings. The van der Waals surface area contributed by atoms with Gasteiger partial charge in [-0.2, -0.15) is 0 Å². The normalized spacial score (nSPS) is 16.6. The highest BCUT2D eigenvalue weighted by Gasteiger charge is 2.24. The molecule has 1 aromatic heterocycles. The van der Waals surface area contributed by atoms with E-state index in [4.69, 9.17) is 5.11 Å². The van der Waals surface area contributed by atoms with Gasteiger partial charge < -0.3 is 10.0 Å². The number of thiazole rings is 1. The summed E-state index contributed by atoms with van der Waals surface area (Å²) in [4.78, 5) is 17.2. The molecular formula is C11H16N2O2S. The summed E-state index contributed by atoms with van der Waals surface area (Å²) in [5.41, 5.74) is 0.163. The Hall–Kier alpha value is -1.10. The van der Waals surface area contributed by atoms with Gasteiger partial charge in [0.1, 0.15) is 0 Å². The van der Waals surface area contributed by atoms with Crippen molar-refractivity contribution in [1.82, 2.24) is 4.98 Å². The maximum absolute atomic E-state index is 10.8. The molecule has 0 aromatic carbocycles. The molecule has 0 unspecified atom stereocenters. The molecule has 0 aliphatic heterocycles. The number of rotatable bonds is 4. The van der Waals surface area contributed by atoms with Gasteiger partial charge in [0.25, 0.3) is 0 Å². The van der Waals surface area contributed by atoms with Crippen LogP contribution in [0.2, 0.25) is 0 Å². The molecule has 2 rings (SSSR count). The summed E-state index contributed by atoms with van der Waals surface area (Å²) in [6.45, 7) is 3.00. The Balaban J connectivity index is 2.15. The van der Waals surface area contributed by atoms with Crippen molar-refractivity contribution in [3.05, 3.63) is 11.1 Å². The molecule has 88 valence electrons. The van der Waals surface area contributed by atoms with Crippen molar-refractivity contribution in [1.29, 1.82) is 0 Å². The van der Waals surface area contributed by atoms with E-state index in [2.05, 4.69) is 16.8 Å². The van der Waals surface area contributed by atoms with Crippen LogP contribution in [-0.2, 0) is 0 Å². The molecule has 1 saturated carbocycles. The van der Waals surface area contributed by atoms with Gasteiger partial charge in [0.15, 0.2) is 10.8 Å². The lowest BCUT2D eigenvalue weighted by atomic mass is 10.2. The summed E-state index contributed by atoms with van der Waals surface area (Å²) < 4.78 is 0. The van der Waals surface area contributed by atoms with Crippen LogP contribution in [0.3, 0.4) is 0 Å². The first-order valence-corrected chi connectivity index (χ1v) is 6.55. The predicted octanol–water partition coefficient (Wildman–Crippen LogP) is 2.61. The van der Waals surface area contributed by atoms with E-state index in [9.17, 15) is 4.79 Å². The third-order valence-electron chi connectivity index (χ3n) is 3.06. The van der Waals surface area contributed by atoms with Gasteiger partial charge in [-0.1, -0.05) is 12.8 Å². The van der Waals surface area contributed by atoms with Gasteiger partial charge >= 0.3 is 5.97 Å². The Morgan fingerprint density at radius 3 is 2.81 bits per heavy atom. The molecule has 16 heavy (non-hydrogen) atoms. The molecule has 5 heteroatoms. The Morgan fingerprint density at radius 1 is 1.62 bits per heavy atom. The van der Waals surface area contributed by atoms with Crippen molar-refractivity contribution < 1.29 is 9.90 Å². The summed E-state index contributed by atoms with van der Waals surface area (Å²) in [6.07, 6.45) is 4.96. The summed E-state index contributed by atoms with van der Waals surface area (Å²) in [5.74, 6) is -0.940. The van der Waals surface area contributed by atoms with Crippen LogP contribution in [0.1, 0.15) is 43.1 Å². The first-order valence-electron chi connectivity index (χ1n) is 5.68. The Kier molecular flexibility index (Phi) is 3.43. The number of carboxylic acid groups (broad SMARTS) is 1. The molecule has 1 heterocycles. The molecule has 1 aliphatic rings. The Labute approximate surface area is 98.9 Å². The maximum atomic E-state index is 10.8. The van der Waals surface area contributed by atoms with E-state index < -0.39 is 5.97 Å². The molecular weight excluding hydrogens is 224 g/mol. The summed E-state index contributed by atoms with van der Waals surface area (Å²) >= 11 is 1.43. The Bertz CT molecular complexity index is 372. The fourth-order valence-electron chi connectivity index (χ4n) is 2.26. The lowest BCUT2D eigenvalue weighted by Gasteiger charge is -2.26. The van der Waals surface area contributed by atoms with Crippen LogP contribution in [0.4, 0.5) is 5.13 Å². The first kappa shape index (κ1) is 11.4. The van der Waals surface area contributed by atoms with Crippen LogP contribution in [0, 0.1) is 0 Å². The zero-order valence-electron chi connectivity index (χ0n) is 9.35. The van der Waals surface area contributed by atoms with Crippen molar-refractivity contribution in [3.63, 3.8) is 0 Å². The SMILES string of the molecule is CCN(c1nc(C(=O)O)cs1)C1CCCC1. The summed E-state index contributed by atoms with van der Waals surface area (Å²) in [5, 5.41) is 11.3. The van der Waals surface area contributed by atoms with Crippen LogP contribution in [0.15, 0.2) is 5.38 Å². The third kappa shape index (κ3) is 2.19. The Morgan fingerprint density at radius 2 is 2.31 bits per heavy atom. The zero-order chi connectivity index (χ0) is 11.5. The number of nitrogens with zero attached hydrogens (tertiary/aromatic N) is 2. The van der Waals surface area contributed by atoms with E-state index in [-0.39, 0.29) is 5.69 Å². The summed E-state index contributed by atoms with van der Waals surface area (Å²) in [7, 11) is 0. The van der Waals surface area contributed by atoms with Crippen LogP contribution >= 0.6 is 11.3 Å². The zero-order valence-corrected chi connectivity index (χ0v) is 10.2. The van der Waals surface area contributed by atoms with E-state index >= 15 is 0 Å². The molecule has 4 nitrogen and oxygen atoms in total. The fraction of sp³-hybridized carbons (Fsp3) is 0.636. The largest absolute Gasteiger partial charge is 0.476 e. The highest BCUT2D eigenvalue weighted by molar-refractivity contribution is 7.13. The highest BCUT2D eigenvalue weighted by atomic mass is 32.1. The van der Waals surface area contributed by atoms with Crippen LogP contribution in [0.25, 0.3) is 0 Å². The fourth-order valence-corrected chi connectivity index (χ4v) is 3.20. The molecule has 1 N–H and O–H groups in total. The topological polar surface area (TPSA) is 53.4 Å². The number of hydrogen-bond donors (Lipinski definition) is 1. The van der Waals surface area contributed by atoms with Crippen molar-refractivity contribution in [2.45, 2.75) is 38.6 Å². The molecule has 0 amide bonds. The first-order chi connectivity index (χ1) is 7.72. The second-order valence-electron chi connectivity index (χ2n) is 4.04. The lowest BCUT2D eigenvalue weighted by molar-refractivity contribution is 0.0691. The standard InChI is InChI=1S/C11H16N2O2S/c1-2-13(8-5-3-4-6-8)11-12-9(7-16-11)10(14)15/h7-8H,2-6H2,1H3,(H,14,15). The third-order valence-corrected chi connectivity index (χ3v) is 3.94. The molecule has 1 aliphatic carbocycles. The molecule has 0 spiro atoms. The van der Waals surface area contributed by atoms with Crippen molar-refractivity contribution in [3.8, 4) is 0 Å². The number of carboxylic acids is 1. The quantitative estimate of drug-likeness (QED) is 0.879. The lowest BCUT2D eigenvalue weighted by Crippen LogP contribution is -2.32. The highest BCUT2D eigenvalue weighted by Crippen LogP contribution is 2.30. The van der Waals surface area contributed by atoms with Crippen molar-refractivity contribution in [2.75, 3.05) is 11.4 Å². The number of aromatic nitrogens is 1. The number of hydrogen-bond acceptors (Lipinski definition) is 4. The smallest absolute Gasteiger partial charge is 0.355 e. The van der Waals surface area contributed by atoms with Crippen molar-refractivity contribution >= 4 is 22.4 Å². The van der Waals surface area contributed by atoms with Gasteiger partial charge in [-0.05, 0) is 19.8 Å². The van der Waals surface area contributed by atoms with Gasteiger partial charge in [0.05, 0.1) is 0 Å². The van der Waals surface area contributed by atoms with Gasteiger partial charge in [-0.3, -0.25) is 0 Å². The number of carbonyl (C=O) groups is 1. The minimum absolute atomic E-state index is 0.163. The molecule has 0 bridgehead atoms. The average molecular weight is 240 g/mol. The monoisotopic (exact) mass is 240 g/mol. The molecule has 0 atom stereocenters. The van der Waals surface area contributed by atoms with E-state index in [1.165, 1.54) is 37.0 Å². The second-order valence-corrected chi connectivity index (χ2v) is 4.88. The van der Waals surface area contributed by atoms with Crippen LogP contribution < -0.4 is 4.90 Å². The predicted molar refractivity (Wildman–Crippen MR) is 64.3 cm³/mol. The average Bonchev–Trinajstić information content (AvgIpc) is 2.88. The van der Waals surface area contributed by atoms with Gasteiger partial charge in [0, 0.05) is 18.0 Å². The maximum Gasteiger partial charge on any atom is 0.355 e. The van der Waals surface area contributed by atoms with Crippen LogP contribution in [0.5, 0.6) is 0 Å². The minimum Gasteiger partial charge on any atom is -0.476 e. The number of aromatic carboxylic acids is 1. The van der Waals surface area contributed by atoms with E-state index in [1.807, 2.05) is 0 Å². The van der Waals surface area contributed by atoms with E-state index in [1.54, 1.807) is 5.38 Å². The van der Waals surface area contributed by atoms with E-state index in [0.29, 0.717) is 6.04 Å². The van der Waals surface area contributed by atoms with Gasteiger partial charge in [-0.25, -0.2) is 9.78 Å².